The second kappa shape index (κ2) is 9.43. The Kier molecular flexibility index (Phi) is 6.60. The molecule has 2 atom stereocenters. The Hall–Kier alpha value is -3.07. The second-order valence-electron chi connectivity index (χ2n) is 8.58. The second-order valence-corrected chi connectivity index (χ2v) is 8.58. The Bertz CT molecular complexity index is 1140. The molecule has 1 heterocycles. The Morgan fingerprint density at radius 2 is 1.82 bits per heavy atom. The summed E-state index contributed by atoms with van der Waals surface area (Å²) in [6, 6.07) is 10.5. The maximum absolute atomic E-state index is 12.7. The summed E-state index contributed by atoms with van der Waals surface area (Å²) < 4.78 is 42.2. The largest absolute Gasteiger partial charge is 0.573 e. The predicted molar refractivity (Wildman–Crippen MR) is 123 cm³/mol. The van der Waals surface area contributed by atoms with E-state index in [9.17, 15) is 13.2 Å². The lowest BCUT2D eigenvalue weighted by Gasteiger charge is -2.30. The molecule has 4 N–H and O–H groups in total. The number of alkyl halides is 3. The van der Waals surface area contributed by atoms with Crippen molar-refractivity contribution >= 4 is 22.7 Å². The molecule has 0 bridgehead atoms. The monoisotopic (exact) mass is 459 g/mol. The highest BCUT2D eigenvalue weighted by Gasteiger charge is 2.32. The van der Waals surface area contributed by atoms with E-state index in [1.54, 1.807) is 12.1 Å². The molecule has 3 aromatic rings. The van der Waals surface area contributed by atoms with Crippen LogP contribution in [0.4, 0.5) is 24.9 Å². The molecule has 1 saturated carbocycles. The smallest absolute Gasteiger partial charge is 0.405 e. The highest BCUT2D eigenvalue weighted by atomic mass is 19.4. The van der Waals surface area contributed by atoms with E-state index in [-0.39, 0.29) is 17.8 Å². The maximum atomic E-state index is 12.7. The summed E-state index contributed by atoms with van der Waals surface area (Å²) >= 11 is 0. The number of rotatable bonds is 6. The summed E-state index contributed by atoms with van der Waals surface area (Å²) in [5, 5.41) is 7.66. The van der Waals surface area contributed by atoms with Gasteiger partial charge in [0.2, 0.25) is 5.95 Å². The van der Waals surface area contributed by atoms with Gasteiger partial charge in [-0.3, -0.25) is 0 Å². The van der Waals surface area contributed by atoms with Gasteiger partial charge < -0.3 is 21.1 Å². The van der Waals surface area contributed by atoms with Gasteiger partial charge in [0.15, 0.2) is 0 Å². The summed E-state index contributed by atoms with van der Waals surface area (Å²) in [6.45, 7) is 4.34. The fraction of sp³-hybridized carbons (Fsp3) is 0.417. The third-order valence-corrected chi connectivity index (χ3v) is 6.21. The average Bonchev–Trinajstić information content (AvgIpc) is 2.75. The van der Waals surface area contributed by atoms with Crippen LogP contribution in [0.5, 0.6) is 5.75 Å². The molecule has 4 rings (SSSR count). The summed E-state index contributed by atoms with van der Waals surface area (Å²) in [6.07, 6.45) is -1.03. The van der Waals surface area contributed by atoms with E-state index in [1.165, 1.54) is 12.1 Å². The molecule has 9 heteroatoms. The van der Waals surface area contributed by atoms with Crippen LogP contribution in [-0.4, -0.2) is 28.4 Å². The van der Waals surface area contributed by atoms with E-state index < -0.39 is 6.36 Å². The lowest BCUT2D eigenvalue weighted by Crippen LogP contribution is -2.39. The van der Waals surface area contributed by atoms with Crippen LogP contribution >= 0.6 is 0 Å². The van der Waals surface area contributed by atoms with Crippen LogP contribution in [0, 0.1) is 13.8 Å². The van der Waals surface area contributed by atoms with Crippen molar-refractivity contribution in [1.82, 2.24) is 15.3 Å². The molecule has 2 aromatic carbocycles. The van der Waals surface area contributed by atoms with Crippen LogP contribution in [0.3, 0.4) is 0 Å². The number of hydrogen-bond acceptors (Lipinski definition) is 6. The van der Waals surface area contributed by atoms with Gasteiger partial charge in [-0.25, -0.2) is 4.98 Å². The number of benzene rings is 2. The normalized spacial score (nSPS) is 18.9. The first kappa shape index (κ1) is 23.1. The van der Waals surface area contributed by atoms with E-state index in [4.69, 9.17) is 5.73 Å². The van der Waals surface area contributed by atoms with Crippen LogP contribution in [0.25, 0.3) is 10.9 Å². The summed E-state index contributed by atoms with van der Waals surface area (Å²) in [5.74, 6) is 0.779. The van der Waals surface area contributed by atoms with E-state index in [2.05, 4.69) is 25.3 Å². The first-order chi connectivity index (χ1) is 15.7. The van der Waals surface area contributed by atoms with Crippen molar-refractivity contribution in [2.24, 2.45) is 0 Å². The van der Waals surface area contributed by atoms with Gasteiger partial charge >= 0.3 is 6.36 Å². The van der Waals surface area contributed by atoms with Crippen molar-refractivity contribution in [2.75, 3.05) is 11.1 Å². The van der Waals surface area contributed by atoms with Gasteiger partial charge in [0.05, 0.1) is 5.52 Å². The minimum absolute atomic E-state index is 0.140. The highest BCUT2D eigenvalue weighted by molar-refractivity contribution is 5.92. The lowest BCUT2D eigenvalue weighted by molar-refractivity contribution is -0.274. The number of hydrogen-bond donors (Lipinski definition) is 3. The molecule has 0 radical (unpaired) electrons. The van der Waals surface area contributed by atoms with E-state index in [1.807, 2.05) is 26.0 Å². The minimum atomic E-state index is -4.71. The van der Waals surface area contributed by atoms with Gasteiger partial charge in [0.1, 0.15) is 11.6 Å². The molecule has 0 unspecified atom stereocenters. The molecule has 1 fully saturated rings. The van der Waals surface area contributed by atoms with Crippen LogP contribution in [-0.2, 0) is 6.54 Å². The van der Waals surface area contributed by atoms with Crippen molar-refractivity contribution in [3.05, 3.63) is 53.1 Å². The number of fused-ring (bicyclic) bond motifs is 1. The Balaban J connectivity index is 1.40. The first-order valence-corrected chi connectivity index (χ1v) is 11.1. The van der Waals surface area contributed by atoms with Gasteiger partial charge in [0.25, 0.3) is 0 Å². The van der Waals surface area contributed by atoms with Gasteiger partial charge in [0, 0.05) is 29.6 Å². The molecular formula is C24H28F3N5O. The number of anilines is 2. The molecule has 0 amide bonds. The fourth-order valence-electron chi connectivity index (χ4n) is 4.41. The molecule has 176 valence electrons. The standard InChI is InChI=1S/C24H28F3N5O/c1-14-10-11-19-21(15(14)2)22(28)32-23(31-19)30-18-8-5-7-17(12-18)29-13-16-6-3-4-9-20(16)33-24(25,26)27/h3-4,6,9-11,17-18,29H,5,7-8,12-13H2,1-2H3,(H3,28,30,31,32)/t17-,18-/m0/s1. The average molecular weight is 460 g/mol. The number of nitrogen functional groups attached to an aromatic ring is 1. The van der Waals surface area contributed by atoms with E-state index >= 15 is 0 Å². The maximum Gasteiger partial charge on any atom is 0.573 e. The number of nitrogens with zero attached hydrogens (tertiary/aromatic N) is 2. The molecule has 1 aliphatic rings. The van der Waals surface area contributed by atoms with Gasteiger partial charge in [-0.1, -0.05) is 24.3 Å². The van der Waals surface area contributed by atoms with Crippen molar-refractivity contribution in [2.45, 2.75) is 64.5 Å². The zero-order chi connectivity index (χ0) is 23.6. The van der Waals surface area contributed by atoms with Crippen LogP contribution in [0.15, 0.2) is 36.4 Å². The molecule has 0 aliphatic heterocycles. The van der Waals surface area contributed by atoms with Crippen molar-refractivity contribution in [3.8, 4) is 5.75 Å². The number of nitrogens with two attached hydrogens (primary N) is 1. The molecule has 6 nitrogen and oxygen atoms in total. The third kappa shape index (κ3) is 5.65. The predicted octanol–water partition coefficient (Wildman–Crippen LogP) is 5.24. The molecule has 1 aliphatic carbocycles. The van der Waals surface area contributed by atoms with Gasteiger partial charge in [-0.05, 0) is 62.8 Å². The fourth-order valence-corrected chi connectivity index (χ4v) is 4.41. The van der Waals surface area contributed by atoms with Crippen molar-refractivity contribution in [3.63, 3.8) is 0 Å². The van der Waals surface area contributed by atoms with E-state index in [0.29, 0.717) is 23.9 Å². The number of nitrogens with one attached hydrogen (secondary N) is 2. The molecule has 1 aromatic heterocycles. The molecule has 33 heavy (non-hydrogen) atoms. The summed E-state index contributed by atoms with van der Waals surface area (Å²) in [5.41, 5.74) is 9.73. The SMILES string of the molecule is Cc1ccc2nc(N[C@H]3CCC[C@H](NCc4ccccc4OC(F)(F)F)C3)nc(N)c2c1C. The first-order valence-electron chi connectivity index (χ1n) is 11.1. The Morgan fingerprint density at radius 3 is 2.61 bits per heavy atom. The molecule has 0 spiro atoms. The number of halogens is 3. The zero-order valence-corrected chi connectivity index (χ0v) is 18.7. The Labute approximate surface area is 190 Å². The quantitative estimate of drug-likeness (QED) is 0.468. The summed E-state index contributed by atoms with van der Waals surface area (Å²) in [4.78, 5) is 9.12. The van der Waals surface area contributed by atoms with Crippen molar-refractivity contribution < 1.29 is 17.9 Å². The number of aromatic nitrogens is 2. The molecular weight excluding hydrogens is 431 g/mol. The van der Waals surface area contributed by atoms with Crippen LogP contribution in [0.2, 0.25) is 0 Å². The van der Waals surface area contributed by atoms with Gasteiger partial charge in [-0.2, -0.15) is 4.98 Å². The van der Waals surface area contributed by atoms with Gasteiger partial charge in [-0.15, -0.1) is 13.2 Å². The van der Waals surface area contributed by atoms with E-state index in [0.717, 1.165) is 47.7 Å². The topological polar surface area (TPSA) is 85.1 Å². The zero-order valence-electron chi connectivity index (χ0n) is 18.7. The highest BCUT2D eigenvalue weighted by Crippen LogP contribution is 2.29. The summed E-state index contributed by atoms with van der Waals surface area (Å²) in [7, 11) is 0. The van der Waals surface area contributed by atoms with Crippen LogP contribution < -0.4 is 21.1 Å². The molecule has 0 saturated heterocycles. The van der Waals surface area contributed by atoms with Crippen molar-refractivity contribution in [1.29, 1.82) is 0 Å². The number of aryl methyl sites for hydroxylation is 2. The minimum Gasteiger partial charge on any atom is -0.405 e. The number of ether oxygens (including phenoxy) is 1. The lowest BCUT2D eigenvalue weighted by atomic mass is 9.91. The van der Waals surface area contributed by atoms with Crippen LogP contribution in [0.1, 0.15) is 42.4 Å². The third-order valence-electron chi connectivity index (χ3n) is 6.21. The Morgan fingerprint density at radius 1 is 1.06 bits per heavy atom. The number of para-hydroxylation sites is 1.